The van der Waals surface area contributed by atoms with Gasteiger partial charge < -0.3 is 4.57 Å². The second kappa shape index (κ2) is 9.18. The molecular weight excluding hydrogens is 450 g/mol. The average molecular weight is 474 g/mol. The monoisotopic (exact) mass is 473 g/mol. The van der Waals surface area contributed by atoms with Gasteiger partial charge in [-0.25, -0.2) is 9.97 Å². The van der Waals surface area contributed by atoms with E-state index >= 15 is 0 Å². The number of fused-ring (bicyclic) bond motifs is 1. The van der Waals surface area contributed by atoms with E-state index in [0.717, 1.165) is 28.7 Å². The number of imide groups is 1. The number of carbonyl (C=O) groups excluding carboxylic acids is 3. The third-order valence-electron chi connectivity index (χ3n) is 5.79. The summed E-state index contributed by atoms with van der Waals surface area (Å²) < 4.78 is 3.01. The van der Waals surface area contributed by atoms with Gasteiger partial charge in [-0.15, -0.1) is 0 Å². The van der Waals surface area contributed by atoms with E-state index in [0.29, 0.717) is 22.9 Å². The Morgan fingerprint density at radius 1 is 1.09 bits per heavy atom. The molecule has 8 nitrogen and oxygen atoms in total. The minimum absolute atomic E-state index is 0.174. The molecule has 3 heterocycles. The van der Waals surface area contributed by atoms with Gasteiger partial charge in [0.25, 0.3) is 5.91 Å². The molecule has 4 aromatic rings. The number of aryl methyl sites for hydroxylation is 2. The second-order valence-electron chi connectivity index (χ2n) is 8.25. The van der Waals surface area contributed by atoms with Gasteiger partial charge in [0.05, 0.1) is 22.2 Å². The molecule has 1 saturated heterocycles. The van der Waals surface area contributed by atoms with Crippen LogP contribution in [0, 0.1) is 6.92 Å². The van der Waals surface area contributed by atoms with Crippen LogP contribution in [-0.2, 0) is 16.1 Å². The van der Waals surface area contributed by atoms with Gasteiger partial charge in [0.2, 0.25) is 11.8 Å². The molecule has 0 N–H and O–H groups in total. The van der Waals surface area contributed by atoms with Crippen LogP contribution in [0.25, 0.3) is 10.2 Å². The molecule has 0 spiro atoms. The minimum Gasteiger partial charge on any atom is -0.337 e. The molecular formula is C25H23N5O3S. The van der Waals surface area contributed by atoms with Crippen molar-refractivity contribution < 1.29 is 14.4 Å². The Morgan fingerprint density at radius 2 is 1.85 bits per heavy atom. The van der Waals surface area contributed by atoms with Gasteiger partial charge in [-0.1, -0.05) is 17.4 Å². The van der Waals surface area contributed by atoms with Crippen molar-refractivity contribution >= 4 is 50.1 Å². The first-order valence-corrected chi connectivity index (χ1v) is 11.9. The maximum atomic E-state index is 13.6. The van der Waals surface area contributed by atoms with Crippen LogP contribution >= 0.6 is 11.3 Å². The quantitative estimate of drug-likeness (QED) is 0.376. The number of aromatic nitrogens is 3. The average Bonchev–Trinajstić information content (AvgIpc) is 3.57. The summed E-state index contributed by atoms with van der Waals surface area (Å²) in [7, 11) is 0. The molecule has 0 atom stereocenters. The molecule has 9 heteroatoms. The Hall–Kier alpha value is -3.85. The van der Waals surface area contributed by atoms with Crippen molar-refractivity contribution in [2.75, 3.05) is 16.3 Å². The molecule has 1 aliphatic rings. The van der Waals surface area contributed by atoms with Crippen LogP contribution in [0.15, 0.2) is 61.2 Å². The van der Waals surface area contributed by atoms with Gasteiger partial charge in [0, 0.05) is 43.9 Å². The second-order valence-corrected chi connectivity index (χ2v) is 9.26. The van der Waals surface area contributed by atoms with Crippen LogP contribution in [0.2, 0.25) is 0 Å². The summed E-state index contributed by atoms with van der Waals surface area (Å²) in [5, 5.41) is 0.644. The number of hydrogen-bond acceptors (Lipinski definition) is 6. The first kappa shape index (κ1) is 22.0. The summed E-state index contributed by atoms with van der Waals surface area (Å²) in [6, 6.07) is 12.7. The number of anilines is 2. The summed E-state index contributed by atoms with van der Waals surface area (Å²) in [4.78, 5) is 49.3. The fraction of sp³-hybridized carbons (Fsp3) is 0.240. The third-order valence-corrected chi connectivity index (χ3v) is 6.83. The third kappa shape index (κ3) is 4.34. The lowest BCUT2D eigenvalue weighted by Gasteiger charge is -2.21. The molecule has 34 heavy (non-hydrogen) atoms. The molecule has 2 aromatic heterocycles. The summed E-state index contributed by atoms with van der Waals surface area (Å²) >= 11 is 1.49. The van der Waals surface area contributed by atoms with Crippen LogP contribution in [-0.4, -0.2) is 38.8 Å². The summed E-state index contributed by atoms with van der Waals surface area (Å²) in [6.45, 7) is 3.25. The smallest absolute Gasteiger partial charge is 0.260 e. The Balaban J connectivity index is 1.41. The summed E-state index contributed by atoms with van der Waals surface area (Å²) in [5.41, 5.74) is 2.97. The zero-order chi connectivity index (χ0) is 23.7. The van der Waals surface area contributed by atoms with E-state index in [1.807, 2.05) is 29.8 Å². The lowest BCUT2D eigenvalue weighted by atomic mass is 10.1. The van der Waals surface area contributed by atoms with Crippen LogP contribution in [0.3, 0.4) is 0 Å². The molecule has 1 aliphatic heterocycles. The molecule has 0 saturated carbocycles. The van der Waals surface area contributed by atoms with E-state index in [1.54, 1.807) is 41.7 Å². The number of carbonyl (C=O) groups is 3. The van der Waals surface area contributed by atoms with Crippen molar-refractivity contribution in [3.8, 4) is 0 Å². The summed E-state index contributed by atoms with van der Waals surface area (Å²) in [6.07, 6.45) is 6.56. The predicted molar refractivity (Wildman–Crippen MR) is 131 cm³/mol. The molecule has 3 amide bonds. The number of hydrogen-bond donors (Lipinski definition) is 0. The highest BCUT2D eigenvalue weighted by Crippen LogP contribution is 2.31. The van der Waals surface area contributed by atoms with Crippen LogP contribution < -0.4 is 9.80 Å². The number of benzene rings is 2. The van der Waals surface area contributed by atoms with Crippen LogP contribution in [0.4, 0.5) is 10.8 Å². The normalized spacial score (nSPS) is 13.7. The van der Waals surface area contributed by atoms with Crippen molar-refractivity contribution in [2.24, 2.45) is 0 Å². The van der Waals surface area contributed by atoms with E-state index in [2.05, 4.69) is 11.1 Å². The van der Waals surface area contributed by atoms with E-state index in [4.69, 9.17) is 4.98 Å². The van der Waals surface area contributed by atoms with Crippen molar-refractivity contribution in [1.82, 2.24) is 14.5 Å². The van der Waals surface area contributed by atoms with Crippen molar-refractivity contribution in [3.05, 3.63) is 72.3 Å². The molecule has 0 unspecified atom stereocenters. The zero-order valence-corrected chi connectivity index (χ0v) is 19.5. The fourth-order valence-corrected chi connectivity index (χ4v) is 5.11. The Labute approximate surface area is 200 Å². The lowest BCUT2D eigenvalue weighted by molar-refractivity contribution is -0.121. The fourth-order valence-electron chi connectivity index (χ4n) is 4.02. The molecule has 5 rings (SSSR count). The van der Waals surface area contributed by atoms with Gasteiger partial charge in [-0.05, 0) is 55.3 Å². The number of nitrogens with zero attached hydrogens (tertiary/aromatic N) is 5. The van der Waals surface area contributed by atoms with E-state index in [1.165, 1.54) is 16.2 Å². The van der Waals surface area contributed by atoms with Gasteiger partial charge in [0.15, 0.2) is 5.13 Å². The number of imidazole rings is 1. The van der Waals surface area contributed by atoms with Crippen molar-refractivity contribution in [1.29, 1.82) is 0 Å². The maximum Gasteiger partial charge on any atom is 0.260 e. The van der Waals surface area contributed by atoms with E-state index < -0.39 is 0 Å². The molecule has 0 aliphatic carbocycles. The highest BCUT2D eigenvalue weighted by molar-refractivity contribution is 7.22. The number of thiazole rings is 1. The van der Waals surface area contributed by atoms with Gasteiger partial charge in [0.1, 0.15) is 0 Å². The van der Waals surface area contributed by atoms with Crippen LogP contribution in [0.5, 0.6) is 0 Å². The Bertz CT molecular complexity index is 1350. The van der Waals surface area contributed by atoms with E-state index in [9.17, 15) is 14.4 Å². The molecule has 0 bridgehead atoms. The Kier molecular flexibility index (Phi) is 5.93. The highest BCUT2D eigenvalue weighted by atomic mass is 32.1. The SMILES string of the molecule is Cc1ccc2nc(N(CCCn3ccnc3)C(=O)c3ccc(N4C(=O)CCC4=O)cc3)sc2c1. The van der Waals surface area contributed by atoms with E-state index in [-0.39, 0.29) is 30.6 Å². The number of amides is 3. The Morgan fingerprint density at radius 3 is 2.56 bits per heavy atom. The molecule has 0 radical (unpaired) electrons. The largest absolute Gasteiger partial charge is 0.337 e. The first-order chi connectivity index (χ1) is 16.5. The highest BCUT2D eigenvalue weighted by Gasteiger charge is 2.30. The molecule has 1 fully saturated rings. The van der Waals surface area contributed by atoms with Gasteiger partial charge in [-0.3, -0.25) is 24.2 Å². The number of rotatable bonds is 7. The summed E-state index contributed by atoms with van der Waals surface area (Å²) in [5.74, 6) is -0.600. The molecule has 2 aromatic carbocycles. The predicted octanol–water partition coefficient (Wildman–Crippen LogP) is 4.19. The topological polar surface area (TPSA) is 88.4 Å². The van der Waals surface area contributed by atoms with Crippen molar-refractivity contribution in [3.63, 3.8) is 0 Å². The zero-order valence-electron chi connectivity index (χ0n) is 18.7. The molecule has 172 valence electrons. The minimum atomic E-state index is -0.213. The van der Waals surface area contributed by atoms with Gasteiger partial charge in [-0.2, -0.15) is 0 Å². The van der Waals surface area contributed by atoms with Crippen molar-refractivity contribution in [2.45, 2.75) is 32.7 Å². The van der Waals surface area contributed by atoms with Crippen LogP contribution in [0.1, 0.15) is 35.2 Å². The first-order valence-electron chi connectivity index (χ1n) is 11.1. The van der Waals surface area contributed by atoms with Gasteiger partial charge >= 0.3 is 0 Å². The maximum absolute atomic E-state index is 13.6. The lowest BCUT2D eigenvalue weighted by Crippen LogP contribution is -2.32. The standard InChI is InChI=1S/C25H23N5O3S/c1-17-3-8-20-21(15-17)34-25(27-20)29(13-2-12-28-14-11-26-16-28)24(33)18-4-6-19(7-5-18)30-22(31)9-10-23(30)32/h3-8,11,14-16H,2,9-10,12-13H2,1H3.